The van der Waals surface area contributed by atoms with Gasteiger partial charge >= 0.3 is 0 Å². The summed E-state index contributed by atoms with van der Waals surface area (Å²) in [7, 11) is 0. The first-order chi connectivity index (χ1) is 3.93. The van der Waals surface area contributed by atoms with E-state index in [1.165, 1.54) is 5.57 Å². The number of allylic oxidation sites excluding steroid dienone is 4. The van der Waals surface area contributed by atoms with Crippen LogP contribution in [-0.4, -0.2) is 5.37 Å². The van der Waals surface area contributed by atoms with Crippen molar-refractivity contribution in [2.24, 2.45) is 0 Å². The average Bonchev–Trinajstić information content (AvgIpc) is 1.90. The summed E-state index contributed by atoms with van der Waals surface area (Å²) in [4.78, 5) is 0. The molecule has 8 heavy (non-hydrogen) atoms. The molecule has 0 spiro atoms. The molecule has 0 aromatic carbocycles. The molecule has 0 fully saturated rings. The summed E-state index contributed by atoms with van der Waals surface area (Å²) in [5.74, 6) is 0. The highest BCUT2D eigenvalue weighted by Crippen LogP contribution is 2.08. The molecule has 0 aromatic heterocycles. The van der Waals surface area contributed by atoms with Gasteiger partial charge in [-0.2, -0.15) is 0 Å². The first kappa shape index (κ1) is 5.70. The predicted octanol–water partition coefficient (Wildman–Crippen LogP) is 2.26. The molecule has 0 amide bonds. The van der Waals surface area contributed by atoms with Crippen LogP contribution in [0.2, 0.25) is 0 Å². The van der Waals surface area contributed by atoms with Crippen molar-refractivity contribution >= 4 is 17.6 Å². The maximum Gasteiger partial charge on any atom is 0.00457 e. The standard InChI is InChI=1S/C7H8S/c8-6-7-4-2-1-3-5-7/h1-2,4,6H,3,5H2. The number of hydrogen-bond acceptors (Lipinski definition) is 1. The maximum atomic E-state index is 4.74. The molecule has 0 heterocycles. The molecule has 0 N–H and O–H groups in total. The van der Waals surface area contributed by atoms with Gasteiger partial charge in [0.15, 0.2) is 0 Å². The second-order valence-corrected chi connectivity index (χ2v) is 2.06. The van der Waals surface area contributed by atoms with Crippen molar-refractivity contribution in [3.05, 3.63) is 23.8 Å². The Morgan fingerprint density at radius 3 is 2.88 bits per heavy atom. The Labute approximate surface area is 54.9 Å². The van der Waals surface area contributed by atoms with E-state index in [4.69, 9.17) is 12.2 Å². The summed E-state index contributed by atoms with van der Waals surface area (Å²) in [5.41, 5.74) is 1.28. The van der Waals surface area contributed by atoms with Crippen LogP contribution < -0.4 is 0 Å². The molecular weight excluding hydrogens is 116 g/mol. The number of rotatable bonds is 1. The van der Waals surface area contributed by atoms with Crippen LogP contribution in [0, 0.1) is 0 Å². The number of hydrogen-bond donors (Lipinski definition) is 0. The molecular formula is C7H8S. The minimum atomic E-state index is 1.12. The van der Waals surface area contributed by atoms with Gasteiger partial charge in [-0.3, -0.25) is 0 Å². The van der Waals surface area contributed by atoms with Gasteiger partial charge in [0.25, 0.3) is 0 Å². The normalized spacial score (nSPS) is 17.8. The van der Waals surface area contributed by atoms with Crippen LogP contribution in [0.4, 0.5) is 0 Å². The van der Waals surface area contributed by atoms with Crippen LogP contribution in [0.1, 0.15) is 12.8 Å². The van der Waals surface area contributed by atoms with Gasteiger partial charge in [0.1, 0.15) is 0 Å². The quantitative estimate of drug-likeness (QED) is 0.483. The molecule has 0 aromatic rings. The predicted molar refractivity (Wildman–Crippen MR) is 40.1 cm³/mol. The van der Waals surface area contributed by atoms with Gasteiger partial charge in [0.2, 0.25) is 0 Å². The summed E-state index contributed by atoms with van der Waals surface area (Å²) in [5, 5.41) is 1.75. The largest absolute Gasteiger partial charge is 0.0884 e. The second kappa shape index (κ2) is 2.78. The fourth-order valence-corrected chi connectivity index (χ4v) is 0.916. The Balaban J connectivity index is 2.63. The molecule has 1 aliphatic rings. The topological polar surface area (TPSA) is 0 Å². The fraction of sp³-hybridized carbons (Fsp3) is 0.286. The van der Waals surface area contributed by atoms with Crippen molar-refractivity contribution in [1.29, 1.82) is 0 Å². The summed E-state index contributed by atoms with van der Waals surface area (Å²) < 4.78 is 0. The Morgan fingerprint density at radius 2 is 2.50 bits per heavy atom. The van der Waals surface area contributed by atoms with Crippen molar-refractivity contribution < 1.29 is 0 Å². The Morgan fingerprint density at radius 1 is 1.62 bits per heavy atom. The molecule has 0 saturated carbocycles. The summed E-state index contributed by atoms with van der Waals surface area (Å²) in [6.07, 6.45) is 8.56. The van der Waals surface area contributed by atoms with Gasteiger partial charge in [-0.25, -0.2) is 0 Å². The lowest BCUT2D eigenvalue weighted by molar-refractivity contribution is 1.01. The zero-order valence-electron chi connectivity index (χ0n) is 4.63. The van der Waals surface area contributed by atoms with Crippen LogP contribution in [0.25, 0.3) is 0 Å². The maximum absolute atomic E-state index is 4.74. The molecule has 0 bridgehead atoms. The van der Waals surface area contributed by atoms with Crippen LogP contribution >= 0.6 is 12.2 Å². The third kappa shape index (κ3) is 1.27. The summed E-state index contributed by atoms with van der Waals surface area (Å²) in [6, 6.07) is 0. The molecule has 0 unspecified atom stereocenters. The van der Waals surface area contributed by atoms with Crippen molar-refractivity contribution in [3.8, 4) is 0 Å². The van der Waals surface area contributed by atoms with E-state index in [-0.39, 0.29) is 0 Å². The van der Waals surface area contributed by atoms with E-state index in [9.17, 15) is 0 Å². The second-order valence-electron chi connectivity index (χ2n) is 1.83. The first-order valence-corrected chi connectivity index (χ1v) is 3.21. The van der Waals surface area contributed by atoms with E-state index in [1.54, 1.807) is 5.37 Å². The molecule has 0 saturated heterocycles. The molecule has 1 aliphatic carbocycles. The Kier molecular flexibility index (Phi) is 1.98. The first-order valence-electron chi connectivity index (χ1n) is 2.74. The van der Waals surface area contributed by atoms with Gasteiger partial charge in [0, 0.05) is 5.37 Å². The zero-order valence-corrected chi connectivity index (χ0v) is 5.45. The van der Waals surface area contributed by atoms with Gasteiger partial charge < -0.3 is 0 Å². The molecule has 0 aliphatic heterocycles. The lowest BCUT2D eigenvalue weighted by atomic mass is 10.1. The third-order valence-corrected chi connectivity index (χ3v) is 1.50. The van der Waals surface area contributed by atoms with Crippen molar-refractivity contribution in [2.75, 3.05) is 0 Å². The minimum absolute atomic E-state index is 1.12. The number of thiocarbonyl (C=S) groups is 1. The summed E-state index contributed by atoms with van der Waals surface area (Å²) >= 11 is 4.74. The smallest absolute Gasteiger partial charge is 0.00457 e. The van der Waals surface area contributed by atoms with E-state index in [0.29, 0.717) is 0 Å². The highest BCUT2D eigenvalue weighted by Gasteiger charge is 1.92. The SMILES string of the molecule is S=CC1=CC=CCC1. The van der Waals surface area contributed by atoms with E-state index in [2.05, 4.69) is 18.2 Å². The van der Waals surface area contributed by atoms with Crippen LogP contribution in [0.3, 0.4) is 0 Å². The molecule has 0 atom stereocenters. The van der Waals surface area contributed by atoms with E-state index in [0.717, 1.165) is 12.8 Å². The zero-order chi connectivity index (χ0) is 5.82. The van der Waals surface area contributed by atoms with E-state index < -0.39 is 0 Å². The van der Waals surface area contributed by atoms with Crippen LogP contribution in [0.5, 0.6) is 0 Å². The van der Waals surface area contributed by atoms with Gasteiger partial charge in [0.05, 0.1) is 0 Å². The van der Waals surface area contributed by atoms with Gasteiger partial charge in [-0.05, 0) is 18.4 Å². The van der Waals surface area contributed by atoms with Crippen LogP contribution in [-0.2, 0) is 0 Å². The van der Waals surface area contributed by atoms with Crippen molar-refractivity contribution in [2.45, 2.75) is 12.8 Å². The van der Waals surface area contributed by atoms with Crippen molar-refractivity contribution in [1.82, 2.24) is 0 Å². The Bertz CT molecular complexity index is 142. The minimum Gasteiger partial charge on any atom is -0.0884 e. The monoisotopic (exact) mass is 124 g/mol. The third-order valence-electron chi connectivity index (χ3n) is 1.20. The molecule has 1 heteroatoms. The average molecular weight is 124 g/mol. The van der Waals surface area contributed by atoms with E-state index in [1.807, 2.05) is 0 Å². The lowest BCUT2D eigenvalue weighted by Gasteiger charge is -1.99. The van der Waals surface area contributed by atoms with Crippen LogP contribution in [0.15, 0.2) is 23.8 Å². The molecule has 0 radical (unpaired) electrons. The van der Waals surface area contributed by atoms with Crippen molar-refractivity contribution in [3.63, 3.8) is 0 Å². The molecule has 1 rings (SSSR count). The lowest BCUT2D eigenvalue weighted by Crippen LogP contribution is -1.84. The fourth-order valence-electron chi connectivity index (χ4n) is 0.719. The Hall–Kier alpha value is -0.430. The highest BCUT2D eigenvalue weighted by molar-refractivity contribution is 7.79. The van der Waals surface area contributed by atoms with E-state index >= 15 is 0 Å². The highest BCUT2D eigenvalue weighted by atomic mass is 32.1. The summed E-state index contributed by atoms with van der Waals surface area (Å²) in [6.45, 7) is 0. The molecule has 42 valence electrons. The van der Waals surface area contributed by atoms with Gasteiger partial charge in [-0.1, -0.05) is 30.4 Å². The van der Waals surface area contributed by atoms with Gasteiger partial charge in [-0.15, -0.1) is 0 Å². The molecule has 0 nitrogen and oxygen atoms in total.